The van der Waals surface area contributed by atoms with Gasteiger partial charge in [-0.2, -0.15) is 5.10 Å². The predicted octanol–water partition coefficient (Wildman–Crippen LogP) is 2.43. The largest absolute Gasteiger partial charge is 0.322 e. The molecule has 0 radical (unpaired) electrons. The van der Waals surface area contributed by atoms with Crippen LogP contribution in [0.3, 0.4) is 0 Å². The van der Waals surface area contributed by atoms with E-state index in [0.29, 0.717) is 0 Å². The van der Waals surface area contributed by atoms with Gasteiger partial charge in [0, 0.05) is 17.7 Å². The van der Waals surface area contributed by atoms with Crippen LogP contribution in [0.15, 0.2) is 41.0 Å². The monoisotopic (exact) mass is 279 g/mol. The summed E-state index contributed by atoms with van der Waals surface area (Å²) in [4.78, 5) is 0. The number of rotatable bonds is 3. The second-order valence-electron chi connectivity index (χ2n) is 3.85. The van der Waals surface area contributed by atoms with Crippen molar-refractivity contribution in [2.24, 2.45) is 12.8 Å². The van der Waals surface area contributed by atoms with Crippen molar-refractivity contribution >= 4 is 15.9 Å². The Hall–Kier alpha value is -1.13. The van der Waals surface area contributed by atoms with E-state index in [1.54, 1.807) is 4.68 Å². The van der Waals surface area contributed by atoms with Gasteiger partial charge >= 0.3 is 0 Å². The van der Waals surface area contributed by atoms with Crippen LogP contribution in [0.5, 0.6) is 0 Å². The fourth-order valence-electron chi connectivity index (χ4n) is 1.61. The van der Waals surface area contributed by atoms with E-state index in [9.17, 15) is 0 Å². The topological polar surface area (TPSA) is 43.8 Å². The first-order valence-electron chi connectivity index (χ1n) is 5.15. The summed E-state index contributed by atoms with van der Waals surface area (Å²) >= 11 is 3.41. The van der Waals surface area contributed by atoms with Crippen LogP contribution in [0.4, 0.5) is 0 Å². The second-order valence-corrected chi connectivity index (χ2v) is 4.77. The highest BCUT2D eigenvalue weighted by atomic mass is 79.9. The van der Waals surface area contributed by atoms with Gasteiger partial charge < -0.3 is 5.73 Å². The zero-order valence-electron chi connectivity index (χ0n) is 9.10. The zero-order chi connectivity index (χ0) is 11.5. The first-order valence-corrected chi connectivity index (χ1v) is 5.94. The summed E-state index contributed by atoms with van der Waals surface area (Å²) in [7, 11) is 1.90. The van der Waals surface area contributed by atoms with Gasteiger partial charge in [0.1, 0.15) is 0 Å². The Morgan fingerprint density at radius 3 is 2.56 bits per heavy atom. The minimum Gasteiger partial charge on any atom is -0.322 e. The number of hydrogen-bond acceptors (Lipinski definition) is 2. The molecule has 0 saturated heterocycles. The normalized spacial score (nSPS) is 12.7. The molecule has 0 fully saturated rings. The molecule has 1 aromatic heterocycles. The van der Waals surface area contributed by atoms with E-state index in [1.807, 2.05) is 31.4 Å². The highest BCUT2D eigenvalue weighted by Gasteiger charge is 2.09. The van der Waals surface area contributed by atoms with Crippen molar-refractivity contribution in [2.45, 2.75) is 12.5 Å². The van der Waals surface area contributed by atoms with E-state index in [1.165, 1.54) is 5.56 Å². The van der Waals surface area contributed by atoms with Crippen LogP contribution in [0.2, 0.25) is 0 Å². The van der Waals surface area contributed by atoms with Gasteiger partial charge in [0.15, 0.2) is 0 Å². The summed E-state index contributed by atoms with van der Waals surface area (Å²) in [6.07, 6.45) is 2.72. The van der Waals surface area contributed by atoms with Crippen molar-refractivity contribution in [3.63, 3.8) is 0 Å². The van der Waals surface area contributed by atoms with Gasteiger partial charge in [-0.15, -0.1) is 0 Å². The third kappa shape index (κ3) is 2.71. The number of aryl methyl sites for hydroxylation is 1. The van der Waals surface area contributed by atoms with Crippen LogP contribution < -0.4 is 5.73 Å². The molecule has 0 saturated carbocycles. The lowest BCUT2D eigenvalue weighted by Gasteiger charge is -2.08. The van der Waals surface area contributed by atoms with Gasteiger partial charge in [-0.05, 0) is 30.2 Å². The summed E-state index contributed by atoms with van der Waals surface area (Å²) in [5, 5.41) is 4.31. The lowest BCUT2D eigenvalue weighted by atomic mass is 10.0. The number of benzene rings is 1. The molecule has 3 nitrogen and oxygen atoms in total. The smallest absolute Gasteiger partial charge is 0.0795 e. The van der Waals surface area contributed by atoms with Crippen molar-refractivity contribution in [3.8, 4) is 0 Å². The van der Waals surface area contributed by atoms with E-state index in [-0.39, 0.29) is 6.04 Å². The van der Waals surface area contributed by atoms with Crippen molar-refractivity contribution in [1.82, 2.24) is 9.78 Å². The van der Waals surface area contributed by atoms with Gasteiger partial charge in [-0.1, -0.05) is 28.1 Å². The number of aromatic nitrogens is 2. The summed E-state index contributed by atoms with van der Waals surface area (Å²) in [6, 6.07) is 10.1. The Balaban J connectivity index is 2.07. The molecule has 1 atom stereocenters. The van der Waals surface area contributed by atoms with Crippen LogP contribution in [0, 0.1) is 0 Å². The molecule has 0 aliphatic rings. The summed E-state index contributed by atoms with van der Waals surface area (Å²) in [6.45, 7) is 0. The number of halogens is 1. The molecule has 1 aromatic carbocycles. The maximum Gasteiger partial charge on any atom is 0.0795 e. The molecular formula is C12H14BrN3. The first-order chi connectivity index (χ1) is 7.65. The molecular weight excluding hydrogens is 266 g/mol. The Kier molecular flexibility index (Phi) is 3.41. The molecule has 0 aliphatic heterocycles. The van der Waals surface area contributed by atoms with Crippen LogP contribution in [0.1, 0.15) is 17.3 Å². The number of nitrogens with zero attached hydrogens (tertiary/aromatic N) is 2. The van der Waals surface area contributed by atoms with Crippen LogP contribution in [0.25, 0.3) is 0 Å². The van der Waals surface area contributed by atoms with E-state index in [0.717, 1.165) is 16.6 Å². The lowest BCUT2D eigenvalue weighted by molar-refractivity contribution is 0.657. The van der Waals surface area contributed by atoms with Gasteiger partial charge in [-0.3, -0.25) is 4.68 Å². The summed E-state index contributed by atoms with van der Waals surface area (Å²) in [5.41, 5.74) is 8.25. The van der Waals surface area contributed by atoms with Crippen molar-refractivity contribution in [2.75, 3.05) is 0 Å². The molecule has 0 amide bonds. The molecule has 84 valence electrons. The van der Waals surface area contributed by atoms with Crippen molar-refractivity contribution < 1.29 is 0 Å². The predicted molar refractivity (Wildman–Crippen MR) is 68.0 cm³/mol. The third-order valence-corrected chi connectivity index (χ3v) is 3.01. The summed E-state index contributed by atoms with van der Waals surface area (Å²) in [5.74, 6) is 0. The molecule has 1 unspecified atom stereocenters. The van der Waals surface area contributed by atoms with E-state index in [4.69, 9.17) is 5.73 Å². The van der Waals surface area contributed by atoms with Crippen molar-refractivity contribution in [1.29, 1.82) is 0 Å². The van der Waals surface area contributed by atoms with Crippen LogP contribution in [-0.2, 0) is 13.5 Å². The lowest BCUT2D eigenvalue weighted by Crippen LogP contribution is -2.14. The Bertz CT molecular complexity index is 461. The average Bonchev–Trinajstić information content (AvgIpc) is 2.68. The Morgan fingerprint density at radius 2 is 2.00 bits per heavy atom. The quantitative estimate of drug-likeness (QED) is 0.938. The SMILES string of the molecule is Cn1ccc(C(N)Cc2ccc(Br)cc2)n1. The standard InChI is InChI=1S/C12H14BrN3/c1-16-7-6-12(15-16)11(14)8-9-2-4-10(13)5-3-9/h2-7,11H,8,14H2,1H3. The molecule has 0 spiro atoms. The van der Waals surface area contributed by atoms with E-state index < -0.39 is 0 Å². The molecule has 2 aromatic rings. The zero-order valence-corrected chi connectivity index (χ0v) is 10.7. The highest BCUT2D eigenvalue weighted by molar-refractivity contribution is 9.10. The fraction of sp³-hybridized carbons (Fsp3) is 0.250. The maximum atomic E-state index is 6.09. The second kappa shape index (κ2) is 4.80. The maximum absolute atomic E-state index is 6.09. The first kappa shape index (κ1) is 11.4. The van der Waals surface area contributed by atoms with Gasteiger partial charge in [-0.25, -0.2) is 0 Å². The van der Waals surface area contributed by atoms with Gasteiger partial charge in [0.2, 0.25) is 0 Å². The average molecular weight is 280 g/mol. The third-order valence-electron chi connectivity index (χ3n) is 2.48. The van der Waals surface area contributed by atoms with Crippen LogP contribution in [-0.4, -0.2) is 9.78 Å². The molecule has 2 rings (SSSR count). The molecule has 2 N–H and O–H groups in total. The Labute approximate surface area is 103 Å². The highest BCUT2D eigenvalue weighted by Crippen LogP contribution is 2.16. The number of hydrogen-bond donors (Lipinski definition) is 1. The molecule has 0 aliphatic carbocycles. The molecule has 1 heterocycles. The summed E-state index contributed by atoms with van der Waals surface area (Å²) < 4.78 is 2.86. The van der Waals surface area contributed by atoms with Gasteiger partial charge in [0.25, 0.3) is 0 Å². The van der Waals surface area contributed by atoms with Gasteiger partial charge in [0.05, 0.1) is 11.7 Å². The van der Waals surface area contributed by atoms with Crippen LogP contribution >= 0.6 is 15.9 Å². The minimum atomic E-state index is -0.0395. The minimum absolute atomic E-state index is 0.0395. The van der Waals surface area contributed by atoms with E-state index in [2.05, 4.69) is 33.2 Å². The van der Waals surface area contributed by atoms with E-state index >= 15 is 0 Å². The number of nitrogens with two attached hydrogens (primary N) is 1. The Morgan fingerprint density at radius 1 is 1.31 bits per heavy atom. The molecule has 4 heteroatoms. The van der Waals surface area contributed by atoms with Crippen molar-refractivity contribution in [3.05, 3.63) is 52.3 Å². The molecule has 0 bridgehead atoms. The fourth-order valence-corrected chi connectivity index (χ4v) is 1.87. The molecule has 16 heavy (non-hydrogen) atoms.